The summed E-state index contributed by atoms with van der Waals surface area (Å²) in [4.78, 5) is 0. The van der Waals surface area contributed by atoms with Crippen molar-refractivity contribution in [3.63, 3.8) is 0 Å². The van der Waals surface area contributed by atoms with Crippen molar-refractivity contribution in [3.05, 3.63) is 89.5 Å². The lowest BCUT2D eigenvalue weighted by Gasteiger charge is -2.24. The van der Waals surface area contributed by atoms with E-state index in [-0.39, 0.29) is 6.04 Å². The van der Waals surface area contributed by atoms with Gasteiger partial charge in [0.15, 0.2) is 0 Å². The monoisotopic (exact) mass is 359 g/mol. The van der Waals surface area contributed by atoms with Crippen LogP contribution >= 0.6 is 0 Å². The Morgan fingerprint density at radius 1 is 0.556 bits per heavy atom. The molecule has 0 heterocycles. The highest BCUT2D eigenvalue weighted by Crippen LogP contribution is 2.18. The molecule has 3 rings (SSSR count). The highest BCUT2D eigenvalue weighted by molar-refractivity contribution is 5.55. The smallest absolute Gasteiger partial charge is 0.0606 e. The van der Waals surface area contributed by atoms with Crippen LogP contribution < -0.4 is 16.0 Å². The summed E-state index contributed by atoms with van der Waals surface area (Å²) in [5.74, 6) is 0. The van der Waals surface area contributed by atoms with Crippen molar-refractivity contribution < 1.29 is 0 Å². The van der Waals surface area contributed by atoms with Gasteiger partial charge in [0, 0.05) is 30.2 Å². The van der Waals surface area contributed by atoms with Gasteiger partial charge in [0.2, 0.25) is 0 Å². The molecule has 0 atom stereocenters. The first-order chi connectivity index (χ1) is 13.1. The van der Waals surface area contributed by atoms with Gasteiger partial charge in [-0.05, 0) is 55.7 Å². The predicted octanol–water partition coefficient (Wildman–Crippen LogP) is 5.62. The molecule has 0 saturated carbocycles. The van der Waals surface area contributed by atoms with Gasteiger partial charge in [-0.1, -0.05) is 54.6 Å². The van der Waals surface area contributed by atoms with Crippen molar-refractivity contribution in [1.29, 1.82) is 0 Å². The van der Waals surface area contributed by atoms with Crippen molar-refractivity contribution in [2.45, 2.75) is 26.8 Å². The third-order valence-corrected chi connectivity index (χ3v) is 4.87. The van der Waals surface area contributed by atoms with Crippen LogP contribution in [-0.2, 0) is 0 Å². The maximum atomic E-state index is 3.70. The molecule has 0 radical (unpaired) electrons. The van der Waals surface area contributed by atoms with Crippen molar-refractivity contribution in [1.82, 2.24) is 0 Å². The largest absolute Gasteiger partial charge is 0.383 e. The first-order valence-corrected chi connectivity index (χ1v) is 9.54. The van der Waals surface area contributed by atoms with Crippen molar-refractivity contribution in [2.24, 2.45) is 0 Å². The SMILES string of the molecule is Cc1ccccc1NCC(CNc1ccccc1C)Nc1ccccc1C. The summed E-state index contributed by atoms with van der Waals surface area (Å²) in [6, 6.07) is 25.5. The fraction of sp³-hybridized carbons (Fsp3) is 0.250. The summed E-state index contributed by atoms with van der Waals surface area (Å²) in [5.41, 5.74) is 7.34. The van der Waals surface area contributed by atoms with Crippen LogP contribution in [-0.4, -0.2) is 19.1 Å². The molecule has 0 bridgehead atoms. The molecule has 0 aliphatic heterocycles. The molecule has 0 saturated heterocycles. The minimum Gasteiger partial charge on any atom is -0.383 e. The minimum atomic E-state index is 0.241. The molecule has 27 heavy (non-hydrogen) atoms. The van der Waals surface area contributed by atoms with Crippen molar-refractivity contribution in [2.75, 3.05) is 29.0 Å². The Hall–Kier alpha value is -2.94. The third kappa shape index (κ3) is 5.27. The van der Waals surface area contributed by atoms with Crippen LogP contribution in [0.3, 0.4) is 0 Å². The summed E-state index contributed by atoms with van der Waals surface area (Å²) in [5, 5.41) is 10.9. The lowest BCUT2D eigenvalue weighted by molar-refractivity contribution is 0.784. The van der Waals surface area contributed by atoms with Crippen LogP contribution in [0.1, 0.15) is 16.7 Å². The molecule has 0 fully saturated rings. The van der Waals surface area contributed by atoms with Gasteiger partial charge in [-0.15, -0.1) is 0 Å². The highest BCUT2D eigenvalue weighted by atomic mass is 15.0. The zero-order chi connectivity index (χ0) is 19.1. The number of hydrogen-bond donors (Lipinski definition) is 3. The van der Waals surface area contributed by atoms with Crippen LogP contribution in [0.2, 0.25) is 0 Å². The third-order valence-electron chi connectivity index (χ3n) is 4.87. The zero-order valence-electron chi connectivity index (χ0n) is 16.4. The van der Waals surface area contributed by atoms with E-state index in [4.69, 9.17) is 0 Å². The maximum absolute atomic E-state index is 3.70. The molecule has 3 N–H and O–H groups in total. The molecular formula is C24H29N3. The number of rotatable bonds is 8. The second-order valence-corrected chi connectivity index (χ2v) is 7.05. The Bertz CT molecular complexity index is 823. The molecule has 3 aromatic carbocycles. The Balaban J connectivity index is 1.70. The molecule has 3 heteroatoms. The Kier molecular flexibility index (Phi) is 6.37. The number of para-hydroxylation sites is 3. The van der Waals surface area contributed by atoms with E-state index in [2.05, 4.69) is 110 Å². The Labute approximate surface area is 162 Å². The molecule has 0 aliphatic carbocycles. The average Bonchev–Trinajstić information content (AvgIpc) is 2.68. The van der Waals surface area contributed by atoms with Crippen LogP contribution in [0.4, 0.5) is 17.1 Å². The molecule has 140 valence electrons. The molecule has 3 nitrogen and oxygen atoms in total. The van der Waals surface area contributed by atoms with Crippen molar-refractivity contribution >= 4 is 17.1 Å². The molecule has 0 amide bonds. The fourth-order valence-corrected chi connectivity index (χ4v) is 3.14. The van der Waals surface area contributed by atoms with Crippen LogP contribution in [0.25, 0.3) is 0 Å². The van der Waals surface area contributed by atoms with E-state index in [0.29, 0.717) is 0 Å². The lowest BCUT2D eigenvalue weighted by Crippen LogP contribution is -2.35. The van der Waals surface area contributed by atoms with Crippen LogP contribution in [0.15, 0.2) is 72.8 Å². The Morgan fingerprint density at radius 2 is 0.926 bits per heavy atom. The zero-order valence-corrected chi connectivity index (χ0v) is 16.4. The summed E-state index contributed by atoms with van der Waals surface area (Å²) in [7, 11) is 0. The van der Waals surface area contributed by atoms with Crippen LogP contribution in [0, 0.1) is 20.8 Å². The topological polar surface area (TPSA) is 36.1 Å². The molecule has 0 spiro atoms. The molecule has 0 aliphatic rings. The Morgan fingerprint density at radius 3 is 1.33 bits per heavy atom. The number of nitrogens with one attached hydrogen (secondary N) is 3. The maximum Gasteiger partial charge on any atom is 0.0606 e. The van der Waals surface area contributed by atoms with E-state index >= 15 is 0 Å². The second-order valence-electron chi connectivity index (χ2n) is 7.05. The molecule has 0 unspecified atom stereocenters. The molecule has 3 aromatic rings. The first-order valence-electron chi connectivity index (χ1n) is 9.54. The number of anilines is 3. The van der Waals surface area contributed by atoms with E-state index < -0.39 is 0 Å². The van der Waals surface area contributed by atoms with Crippen molar-refractivity contribution in [3.8, 4) is 0 Å². The standard InChI is InChI=1S/C24H29N3/c1-18-10-4-7-13-22(18)25-16-21(27-24-15-9-6-12-20(24)3)17-26-23-14-8-5-11-19(23)2/h4-15,21,25-27H,16-17H2,1-3H3. The predicted molar refractivity (Wildman–Crippen MR) is 118 cm³/mol. The number of aryl methyl sites for hydroxylation is 3. The van der Waals surface area contributed by atoms with Gasteiger partial charge >= 0.3 is 0 Å². The van der Waals surface area contributed by atoms with Gasteiger partial charge < -0.3 is 16.0 Å². The molecular weight excluding hydrogens is 330 g/mol. The average molecular weight is 360 g/mol. The summed E-state index contributed by atoms with van der Waals surface area (Å²) >= 11 is 0. The normalized spacial score (nSPS) is 10.7. The lowest BCUT2D eigenvalue weighted by atomic mass is 10.1. The molecule has 0 aromatic heterocycles. The highest BCUT2D eigenvalue weighted by Gasteiger charge is 2.11. The van der Waals surface area contributed by atoms with E-state index in [1.807, 2.05) is 0 Å². The summed E-state index contributed by atoms with van der Waals surface area (Å²) in [6.45, 7) is 8.08. The van der Waals surface area contributed by atoms with Gasteiger partial charge in [0.05, 0.1) is 6.04 Å². The fourth-order valence-electron chi connectivity index (χ4n) is 3.14. The second kappa shape index (κ2) is 9.13. The summed E-state index contributed by atoms with van der Waals surface area (Å²) < 4.78 is 0. The summed E-state index contributed by atoms with van der Waals surface area (Å²) in [6.07, 6.45) is 0. The number of hydrogen-bond acceptors (Lipinski definition) is 3. The van der Waals surface area contributed by atoms with Gasteiger partial charge in [0.1, 0.15) is 0 Å². The van der Waals surface area contributed by atoms with Gasteiger partial charge in [-0.2, -0.15) is 0 Å². The van der Waals surface area contributed by atoms with E-state index in [1.165, 1.54) is 33.8 Å². The quantitative estimate of drug-likeness (QED) is 0.489. The van der Waals surface area contributed by atoms with E-state index in [9.17, 15) is 0 Å². The van der Waals surface area contributed by atoms with E-state index in [1.54, 1.807) is 0 Å². The first kappa shape index (κ1) is 18.8. The van der Waals surface area contributed by atoms with E-state index in [0.717, 1.165) is 13.1 Å². The van der Waals surface area contributed by atoms with Gasteiger partial charge in [-0.3, -0.25) is 0 Å². The minimum absolute atomic E-state index is 0.241. The number of benzene rings is 3. The van der Waals surface area contributed by atoms with Gasteiger partial charge in [0.25, 0.3) is 0 Å². The van der Waals surface area contributed by atoms with Crippen LogP contribution in [0.5, 0.6) is 0 Å². The van der Waals surface area contributed by atoms with Gasteiger partial charge in [-0.25, -0.2) is 0 Å².